The van der Waals surface area contributed by atoms with Gasteiger partial charge in [0.05, 0.1) is 20.3 Å². The van der Waals surface area contributed by atoms with Crippen LogP contribution in [0, 0.1) is 0 Å². The van der Waals surface area contributed by atoms with Gasteiger partial charge in [0.15, 0.2) is 5.78 Å². The van der Waals surface area contributed by atoms with Gasteiger partial charge < -0.3 is 14.4 Å². The summed E-state index contributed by atoms with van der Waals surface area (Å²) in [6.07, 6.45) is 5.40. The molecule has 0 atom stereocenters. The first-order chi connectivity index (χ1) is 12.7. The van der Waals surface area contributed by atoms with Crippen LogP contribution in [0.5, 0.6) is 5.75 Å². The van der Waals surface area contributed by atoms with Gasteiger partial charge in [-0.1, -0.05) is 0 Å². The fraction of sp³-hybridized carbons (Fsp3) is 0.333. The molecule has 1 aliphatic carbocycles. The monoisotopic (exact) mass is 350 g/mol. The van der Waals surface area contributed by atoms with Gasteiger partial charge in [0.2, 0.25) is 0 Å². The normalized spacial score (nSPS) is 18.7. The highest BCUT2D eigenvalue weighted by Crippen LogP contribution is 2.29. The molecule has 1 saturated heterocycles. The van der Waals surface area contributed by atoms with E-state index in [0.717, 1.165) is 73.0 Å². The molecule has 1 aromatic carbocycles. The molecule has 2 aliphatic rings. The summed E-state index contributed by atoms with van der Waals surface area (Å²) in [6, 6.07) is 9.72. The number of rotatable bonds is 3. The van der Waals surface area contributed by atoms with E-state index in [0.29, 0.717) is 0 Å². The van der Waals surface area contributed by atoms with Crippen LogP contribution in [-0.2, 0) is 11.2 Å². The lowest BCUT2D eigenvalue weighted by Crippen LogP contribution is -2.36. The van der Waals surface area contributed by atoms with Crippen molar-refractivity contribution in [3.63, 3.8) is 0 Å². The fourth-order valence-corrected chi connectivity index (χ4v) is 3.48. The van der Waals surface area contributed by atoms with E-state index >= 15 is 0 Å². The van der Waals surface area contributed by atoms with Crippen molar-refractivity contribution in [2.24, 2.45) is 0 Å². The van der Waals surface area contributed by atoms with Gasteiger partial charge >= 0.3 is 0 Å². The maximum atomic E-state index is 12.8. The van der Waals surface area contributed by atoms with Crippen LogP contribution >= 0.6 is 0 Å². The third-order valence-corrected chi connectivity index (χ3v) is 4.96. The van der Waals surface area contributed by atoms with E-state index in [2.05, 4.69) is 9.88 Å². The molecule has 2 heterocycles. The van der Waals surface area contributed by atoms with Gasteiger partial charge in [-0.3, -0.25) is 4.79 Å². The van der Waals surface area contributed by atoms with Crippen LogP contribution < -0.4 is 9.64 Å². The van der Waals surface area contributed by atoms with E-state index in [1.165, 1.54) is 0 Å². The number of ether oxygens (including phenoxy) is 2. The van der Waals surface area contributed by atoms with Gasteiger partial charge in [-0.25, -0.2) is 4.98 Å². The smallest absolute Gasteiger partial charge is 0.189 e. The van der Waals surface area contributed by atoms with Gasteiger partial charge in [0.1, 0.15) is 11.6 Å². The molecule has 0 unspecified atom stereocenters. The number of carbonyl (C=O) groups excluding carboxylic acids is 1. The number of anilines is 1. The summed E-state index contributed by atoms with van der Waals surface area (Å²) in [6.45, 7) is 3.22. The van der Waals surface area contributed by atoms with E-state index in [4.69, 9.17) is 9.47 Å². The molecule has 26 heavy (non-hydrogen) atoms. The van der Waals surface area contributed by atoms with Gasteiger partial charge in [0.25, 0.3) is 0 Å². The minimum absolute atomic E-state index is 0.103. The third kappa shape index (κ3) is 3.35. The standard InChI is InChI=1S/C21H22N2O3/c1-25-18-5-6-19-16(13-18)3-4-17(21(19)24)12-15-2-7-20(22-14-15)23-8-10-26-11-9-23/h2,5-7,12-14H,3-4,8-11H2,1H3. The van der Waals surface area contributed by atoms with Crippen LogP contribution in [0.15, 0.2) is 42.1 Å². The van der Waals surface area contributed by atoms with Crippen molar-refractivity contribution >= 4 is 17.7 Å². The Balaban J connectivity index is 1.53. The fourth-order valence-electron chi connectivity index (χ4n) is 3.48. The Labute approximate surface area is 153 Å². The summed E-state index contributed by atoms with van der Waals surface area (Å²) in [5, 5.41) is 0. The van der Waals surface area contributed by atoms with Crippen LogP contribution in [-0.4, -0.2) is 44.2 Å². The Morgan fingerprint density at radius 1 is 1.15 bits per heavy atom. The van der Waals surface area contributed by atoms with Crippen molar-refractivity contribution in [2.75, 3.05) is 38.3 Å². The van der Waals surface area contributed by atoms with Crippen LogP contribution in [0.2, 0.25) is 0 Å². The maximum absolute atomic E-state index is 12.8. The Hall–Kier alpha value is -2.66. The molecule has 4 rings (SSSR count). The number of morpholine rings is 1. The Morgan fingerprint density at radius 3 is 2.73 bits per heavy atom. The second-order valence-electron chi connectivity index (χ2n) is 6.57. The second kappa shape index (κ2) is 7.30. The number of benzene rings is 1. The van der Waals surface area contributed by atoms with Crippen molar-refractivity contribution in [2.45, 2.75) is 12.8 Å². The predicted molar refractivity (Wildman–Crippen MR) is 101 cm³/mol. The van der Waals surface area contributed by atoms with E-state index in [1.54, 1.807) is 7.11 Å². The number of Topliss-reactive ketones (excluding diaryl/α,β-unsaturated/α-hetero) is 1. The molecule has 5 heteroatoms. The minimum Gasteiger partial charge on any atom is -0.497 e. The van der Waals surface area contributed by atoms with Crippen LogP contribution in [0.25, 0.3) is 6.08 Å². The highest BCUT2D eigenvalue weighted by atomic mass is 16.5. The van der Waals surface area contributed by atoms with E-state index < -0.39 is 0 Å². The molecular weight excluding hydrogens is 328 g/mol. The summed E-state index contributed by atoms with van der Waals surface area (Å²) in [5.41, 5.74) is 3.64. The van der Waals surface area contributed by atoms with Crippen molar-refractivity contribution in [3.8, 4) is 5.75 Å². The molecule has 0 amide bonds. The van der Waals surface area contributed by atoms with Gasteiger partial charge in [-0.05, 0) is 60.4 Å². The molecule has 1 aromatic heterocycles. The number of nitrogens with zero attached hydrogens (tertiary/aromatic N) is 2. The number of aryl methyl sites for hydroxylation is 1. The van der Waals surface area contributed by atoms with Crippen molar-refractivity contribution in [3.05, 3.63) is 58.8 Å². The number of hydrogen-bond donors (Lipinski definition) is 0. The number of fused-ring (bicyclic) bond motifs is 1. The zero-order valence-corrected chi connectivity index (χ0v) is 14.9. The largest absolute Gasteiger partial charge is 0.497 e. The summed E-state index contributed by atoms with van der Waals surface area (Å²) in [4.78, 5) is 19.6. The molecule has 0 radical (unpaired) electrons. The molecule has 0 saturated carbocycles. The molecular formula is C21H22N2O3. The molecule has 1 aliphatic heterocycles. The van der Waals surface area contributed by atoms with Gasteiger partial charge in [0, 0.05) is 30.4 Å². The van der Waals surface area contributed by atoms with Gasteiger partial charge in [-0.15, -0.1) is 0 Å². The highest BCUT2D eigenvalue weighted by Gasteiger charge is 2.22. The lowest BCUT2D eigenvalue weighted by molar-refractivity contribution is 0.102. The summed E-state index contributed by atoms with van der Waals surface area (Å²) >= 11 is 0. The maximum Gasteiger partial charge on any atom is 0.189 e. The topological polar surface area (TPSA) is 51.7 Å². The molecule has 134 valence electrons. The number of methoxy groups -OCH3 is 1. The predicted octanol–water partition coefficient (Wildman–Crippen LogP) is 3.14. The summed E-state index contributed by atoms with van der Waals surface area (Å²) < 4.78 is 10.6. The number of carbonyl (C=O) groups is 1. The summed E-state index contributed by atoms with van der Waals surface area (Å²) in [7, 11) is 1.64. The Bertz CT molecular complexity index is 837. The van der Waals surface area contributed by atoms with Crippen LogP contribution in [0.4, 0.5) is 5.82 Å². The van der Waals surface area contributed by atoms with Crippen LogP contribution in [0.1, 0.15) is 27.9 Å². The van der Waals surface area contributed by atoms with E-state index in [9.17, 15) is 4.79 Å². The molecule has 2 aromatic rings. The number of ketones is 1. The molecule has 5 nitrogen and oxygen atoms in total. The molecule has 0 spiro atoms. The van der Waals surface area contributed by atoms with Crippen molar-refractivity contribution < 1.29 is 14.3 Å². The number of hydrogen-bond acceptors (Lipinski definition) is 5. The number of pyridine rings is 1. The first kappa shape index (κ1) is 16.8. The molecule has 0 N–H and O–H groups in total. The first-order valence-corrected chi connectivity index (χ1v) is 8.95. The van der Waals surface area contributed by atoms with E-state index in [1.807, 2.05) is 42.6 Å². The summed E-state index contributed by atoms with van der Waals surface area (Å²) in [5.74, 6) is 1.86. The van der Waals surface area contributed by atoms with Gasteiger partial charge in [-0.2, -0.15) is 0 Å². The zero-order chi connectivity index (χ0) is 17.9. The third-order valence-electron chi connectivity index (χ3n) is 4.96. The van der Waals surface area contributed by atoms with E-state index in [-0.39, 0.29) is 5.78 Å². The SMILES string of the molecule is COc1ccc2c(c1)CCC(=Cc1ccc(N3CCOCC3)nc1)C2=O. The average Bonchev–Trinajstić information content (AvgIpc) is 2.71. The first-order valence-electron chi connectivity index (χ1n) is 8.95. The number of allylic oxidation sites excluding steroid dienone is 1. The number of aromatic nitrogens is 1. The second-order valence-corrected chi connectivity index (χ2v) is 6.57. The zero-order valence-electron chi connectivity index (χ0n) is 14.9. The highest BCUT2D eigenvalue weighted by molar-refractivity contribution is 6.13. The average molecular weight is 350 g/mol. The quantitative estimate of drug-likeness (QED) is 0.796. The lowest BCUT2D eigenvalue weighted by Gasteiger charge is -2.27. The Kier molecular flexibility index (Phi) is 4.71. The van der Waals surface area contributed by atoms with Crippen molar-refractivity contribution in [1.82, 2.24) is 4.98 Å². The minimum atomic E-state index is 0.103. The molecule has 0 bridgehead atoms. The van der Waals surface area contributed by atoms with Crippen LogP contribution in [0.3, 0.4) is 0 Å². The molecule has 1 fully saturated rings. The Morgan fingerprint density at radius 2 is 2.00 bits per heavy atom. The lowest BCUT2D eigenvalue weighted by atomic mass is 9.86. The van der Waals surface area contributed by atoms with Crippen molar-refractivity contribution in [1.29, 1.82) is 0 Å².